The van der Waals surface area contributed by atoms with Crippen LogP contribution in [0.3, 0.4) is 0 Å². The zero-order chi connectivity index (χ0) is 16.4. The Labute approximate surface area is 129 Å². The summed E-state index contributed by atoms with van der Waals surface area (Å²) in [5.74, 6) is 0.0916. The number of rotatable bonds is 3. The van der Waals surface area contributed by atoms with Gasteiger partial charge in [0, 0.05) is 11.5 Å². The molecule has 0 bridgehead atoms. The van der Waals surface area contributed by atoms with Gasteiger partial charge in [-0.15, -0.1) is 10.2 Å². The Hall–Kier alpha value is -3.55. The molecule has 0 spiro atoms. The Bertz CT molecular complexity index is 917. The van der Waals surface area contributed by atoms with Crippen LogP contribution >= 0.6 is 0 Å². The number of benzene rings is 2. The minimum Gasteiger partial charge on any atom is -0.508 e. The number of aromatic nitrogens is 1. The number of hydrogen-bond acceptors (Lipinski definition) is 7. The van der Waals surface area contributed by atoms with Crippen molar-refractivity contribution in [3.05, 3.63) is 58.8 Å². The maximum absolute atomic E-state index is 10.6. The molecule has 2 aromatic carbocycles. The van der Waals surface area contributed by atoms with Gasteiger partial charge in [0.2, 0.25) is 0 Å². The molecule has 1 aromatic heterocycles. The molecule has 0 aliphatic rings. The minimum atomic E-state index is -0.562. The highest BCUT2D eigenvalue weighted by atomic mass is 16.6. The number of azo groups is 1. The number of nitro groups is 1. The number of nitrogens with zero attached hydrogens (tertiary/aromatic N) is 4. The predicted molar refractivity (Wildman–Crippen MR) is 82.3 cm³/mol. The number of fused-ring (bicyclic) bond motifs is 1. The highest BCUT2D eigenvalue weighted by Crippen LogP contribution is 2.37. The van der Waals surface area contributed by atoms with Crippen molar-refractivity contribution in [2.45, 2.75) is 0 Å². The molecule has 8 nitrogen and oxygen atoms in total. The maximum atomic E-state index is 10.6. The van der Waals surface area contributed by atoms with Crippen molar-refractivity contribution >= 4 is 28.0 Å². The zero-order valence-corrected chi connectivity index (χ0v) is 11.6. The van der Waals surface area contributed by atoms with E-state index in [9.17, 15) is 20.3 Å². The van der Waals surface area contributed by atoms with E-state index in [-0.39, 0.29) is 28.7 Å². The summed E-state index contributed by atoms with van der Waals surface area (Å²) in [4.78, 5) is 13.8. The van der Waals surface area contributed by atoms with Gasteiger partial charge in [-0.2, -0.15) is 0 Å². The highest BCUT2D eigenvalue weighted by Gasteiger charge is 2.08. The molecule has 0 saturated carbocycles. The Balaban J connectivity index is 2.01. The van der Waals surface area contributed by atoms with E-state index in [4.69, 9.17) is 0 Å². The summed E-state index contributed by atoms with van der Waals surface area (Å²) in [5, 5.41) is 39.2. The molecule has 23 heavy (non-hydrogen) atoms. The minimum absolute atomic E-state index is 0.0352. The Morgan fingerprint density at radius 1 is 1.04 bits per heavy atom. The largest absolute Gasteiger partial charge is 0.508 e. The molecule has 1 heterocycles. The lowest BCUT2D eigenvalue weighted by Gasteiger charge is -2.04. The van der Waals surface area contributed by atoms with Crippen LogP contribution in [-0.4, -0.2) is 20.1 Å². The summed E-state index contributed by atoms with van der Waals surface area (Å²) in [5.41, 5.74) is 0.0282. The van der Waals surface area contributed by atoms with Gasteiger partial charge in [0.15, 0.2) is 5.82 Å². The van der Waals surface area contributed by atoms with Crippen LogP contribution < -0.4 is 0 Å². The lowest BCUT2D eigenvalue weighted by Crippen LogP contribution is -1.87. The molecule has 0 saturated heterocycles. The van der Waals surface area contributed by atoms with E-state index in [2.05, 4.69) is 15.2 Å². The molecular weight excluding hydrogens is 300 g/mol. The van der Waals surface area contributed by atoms with Crippen molar-refractivity contribution in [1.82, 2.24) is 4.98 Å². The maximum Gasteiger partial charge on any atom is 0.287 e. The third kappa shape index (κ3) is 2.91. The molecular formula is C15H10N4O4. The van der Waals surface area contributed by atoms with E-state index in [0.29, 0.717) is 5.39 Å². The number of pyridine rings is 1. The molecule has 0 aliphatic heterocycles. The van der Waals surface area contributed by atoms with E-state index in [1.807, 2.05) is 0 Å². The normalized spacial score (nSPS) is 11.1. The summed E-state index contributed by atoms with van der Waals surface area (Å²) in [7, 11) is 0. The van der Waals surface area contributed by atoms with Crippen molar-refractivity contribution in [2.75, 3.05) is 0 Å². The standard InChI is InChI=1S/C15H10N4O4/c20-11-4-1-9-2-5-13(21)15(12(9)7-11)18-17-14-6-3-10(8-16-14)19(22)23/h1-8,20-21H. The van der Waals surface area contributed by atoms with Gasteiger partial charge in [-0.25, -0.2) is 4.98 Å². The lowest BCUT2D eigenvalue weighted by molar-refractivity contribution is -0.385. The molecule has 0 amide bonds. The number of aromatic hydroxyl groups is 2. The fraction of sp³-hybridized carbons (Fsp3) is 0. The van der Waals surface area contributed by atoms with Gasteiger partial charge in [0.25, 0.3) is 5.69 Å². The van der Waals surface area contributed by atoms with Crippen LogP contribution in [0.4, 0.5) is 17.2 Å². The Morgan fingerprint density at radius 2 is 1.83 bits per heavy atom. The topological polar surface area (TPSA) is 121 Å². The van der Waals surface area contributed by atoms with Gasteiger partial charge in [-0.05, 0) is 29.7 Å². The van der Waals surface area contributed by atoms with Gasteiger partial charge in [-0.1, -0.05) is 12.1 Å². The van der Waals surface area contributed by atoms with Crippen LogP contribution in [-0.2, 0) is 0 Å². The molecule has 0 unspecified atom stereocenters. The van der Waals surface area contributed by atoms with E-state index >= 15 is 0 Å². The first-order valence-corrected chi connectivity index (χ1v) is 6.51. The second kappa shape index (κ2) is 5.68. The molecule has 8 heteroatoms. The summed E-state index contributed by atoms with van der Waals surface area (Å²) in [6, 6.07) is 10.4. The van der Waals surface area contributed by atoms with E-state index < -0.39 is 4.92 Å². The van der Waals surface area contributed by atoms with Crippen LogP contribution in [0.15, 0.2) is 58.9 Å². The van der Waals surface area contributed by atoms with Crippen LogP contribution in [0.25, 0.3) is 10.8 Å². The fourth-order valence-electron chi connectivity index (χ4n) is 2.03. The van der Waals surface area contributed by atoms with Gasteiger partial charge in [0.1, 0.15) is 23.4 Å². The second-order valence-electron chi connectivity index (χ2n) is 4.67. The van der Waals surface area contributed by atoms with Gasteiger partial charge in [0.05, 0.1) is 4.92 Å². The average Bonchev–Trinajstić information content (AvgIpc) is 2.54. The molecule has 0 radical (unpaired) electrons. The number of phenolic OH excluding ortho intramolecular Hbond substituents is 2. The quantitative estimate of drug-likeness (QED) is 0.430. The highest BCUT2D eigenvalue weighted by molar-refractivity contribution is 5.96. The lowest BCUT2D eigenvalue weighted by atomic mass is 10.1. The van der Waals surface area contributed by atoms with Crippen LogP contribution in [0, 0.1) is 10.1 Å². The van der Waals surface area contributed by atoms with Crippen molar-refractivity contribution in [3.63, 3.8) is 0 Å². The summed E-state index contributed by atoms with van der Waals surface area (Å²) < 4.78 is 0. The second-order valence-corrected chi connectivity index (χ2v) is 4.67. The Kier molecular flexibility index (Phi) is 3.55. The Morgan fingerprint density at radius 3 is 2.52 bits per heavy atom. The molecule has 0 aliphatic carbocycles. The average molecular weight is 310 g/mol. The summed E-state index contributed by atoms with van der Waals surface area (Å²) in [6.07, 6.45) is 1.07. The third-order valence-corrected chi connectivity index (χ3v) is 3.15. The molecule has 0 fully saturated rings. The van der Waals surface area contributed by atoms with E-state index in [1.165, 1.54) is 30.3 Å². The summed E-state index contributed by atoms with van der Waals surface area (Å²) in [6.45, 7) is 0. The first-order valence-electron chi connectivity index (χ1n) is 6.51. The van der Waals surface area contributed by atoms with E-state index in [0.717, 1.165) is 11.6 Å². The zero-order valence-electron chi connectivity index (χ0n) is 11.6. The predicted octanol–water partition coefficient (Wildman–Crippen LogP) is 3.97. The first kappa shape index (κ1) is 14.4. The summed E-state index contributed by atoms with van der Waals surface area (Å²) >= 11 is 0. The van der Waals surface area contributed by atoms with Crippen LogP contribution in [0.1, 0.15) is 0 Å². The van der Waals surface area contributed by atoms with Crippen LogP contribution in [0.2, 0.25) is 0 Å². The SMILES string of the molecule is O=[N+]([O-])c1ccc(N=Nc2c(O)ccc3ccc(O)cc23)nc1. The number of hydrogen-bond donors (Lipinski definition) is 2. The van der Waals surface area contributed by atoms with Crippen molar-refractivity contribution in [2.24, 2.45) is 10.2 Å². The van der Waals surface area contributed by atoms with Gasteiger partial charge in [-0.3, -0.25) is 10.1 Å². The first-order chi connectivity index (χ1) is 11.0. The molecule has 3 aromatic rings. The van der Waals surface area contributed by atoms with Crippen molar-refractivity contribution in [1.29, 1.82) is 0 Å². The van der Waals surface area contributed by atoms with Crippen molar-refractivity contribution < 1.29 is 15.1 Å². The third-order valence-electron chi connectivity index (χ3n) is 3.15. The van der Waals surface area contributed by atoms with Crippen molar-refractivity contribution in [3.8, 4) is 11.5 Å². The van der Waals surface area contributed by atoms with E-state index in [1.54, 1.807) is 12.1 Å². The van der Waals surface area contributed by atoms with Gasteiger partial charge < -0.3 is 10.2 Å². The van der Waals surface area contributed by atoms with Crippen LogP contribution in [0.5, 0.6) is 11.5 Å². The molecule has 2 N–H and O–H groups in total. The monoisotopic (exact) mass is 310 g/mol. The molecule has 114 valence electrons. The number of phenols is 2. The van der Waals surface area contributed by atoms with Gasteiger partial charge >= 0.3 is 0 Å². The molecule has 0 atom stereocenters. The fourth-order valence-corrected chi connectivity index (χ4v) is 2.03. The smallest absolute Gasteiger partial charge is 0.287 e. The molecule has 3 rings (SSSR count).